The van der Waals surface area contributed by atoms with Crippen LogP contribution in [0.3, 0.4) is 0 Å². The molecule has 0 bridgehead atoms. The maximum atomic E-state index is 14.0. The van der Waals surface area contributed by atoms with Gasteiger partial charge in [-0.05, 0) is 86.6 Å². The second kappa shape index (κ2) is 9.22. The Bertz CT molecular complexity index is 452. The largest absolute Gasteiger partial charge is 0.320 e. The summed E-state index contributed by atoms with van der Waals surface area (Å²) in [6.07, 6.45) is 3.43. The number of halogens is 4. The van der Waals surface area contributed by atoms with Crippen molar-refractivity contribution in [1.29, 1.82) is 0 Å². The molecule has 21 heavy (non-hydrogen) atoms. The topological polar surface area (TPSA) is 15.3 Å². The zero-order chi connectivity index (χ0) is 14.5. The van der Waals surface area contributed by atoms with Crippen LogP contribution in [0.5, 0.6) is 0 Å². The highest BCUT2D eigenvalue weighted by atomic mass is 127. The van der Waals surface area contributed by atoms with Gasteiger partial charge in [0.05, 0.1) is 0 Å². The van der Waals surface area contributed by atoms with Gasteiger partial charge in [0.2, 0.25) is 0 Å². The van der Waals surface area contributed by atoms with E-state index in [1.54, 1.807) is 0 Å². The van der Waals surface area contributed by atoms with Gasteiger partial charge in [0.15, 0.2) is 0 Å². The highest BCUT2D eigenvalue weighted by Gasteiger charge is 2.21. The Kier molecular flexibility index (Phi) is 8.38. The molecule has 0 spiro atoms. The third-order valence-electron chi connectivity index (χ3n) is 4.03. The van der Waals surface area contributed by atoms with E-state index in [4.69, 9.17) is 0 Å². The SMILES string of the molecule is CNCCC1CCN(Cc2c(F)ccc(I)c2F)CC1.Cl. The Morgan fingerprint density at radius 1 is 1.29 bits per heavy atom. The van der Waals surface area contributed by atoms with Crippen molar-refractivity contribution in [3.05, 3.63) is 32.9 Å². The molecule has 1 heterocycles. The monoisotopic (exact) mass is 430 g/mol. The zero-order valence-electron chi connectivity index (χ0n) is 12.2. The lowest BCUT2D eigenvalue weighted by molar-refractivity contribution is 0.169. The molecular weight excluding hydrogens is 409 g/mol. The van der Waals surface area contributed by atoms with E-state index in [1.807, 2.05) is 29.6 Å². The van der Waals surface area contributed by atoms with Crippen LogP contribution < -0.4 is 5.32 Å². The van der Waals surface area contributed by atoms with Gasteiger partial charge >= 0.3 is 0 Å². The minimum Gasteiger partial charge on any atom is -0.320 e. The van der Waals surface area contributed by atoms with Crippen molar-refractivity contribution in [1.82, 2.24) is 10.2 Å². The van der Waals surface area contributed by atoms with E-state index >= 15 is 0 Å². The van der Waals surface area contributed by atoms with Crippen LogP contribution in [0, 0.1) is 21.1 Å². The number of nitrogens with zero attached hydrogens (tertiary/aromatic N) is 1. The summed E-state index contributed by atoms with van der Waals surface area (Å²) < 4.78 is 28.2. The summed E-state index contributed by atoms with van der Waals surface area (Å²) in [6.45, 7) is 3.29. The highest BCUT2D eigenvalue weighted by molar-refractivity contribution is 14.1. The van der Waals surface area contributed by atoms with Gasteiger partial charge in [0, 0.05) is 15.7 Å². The minimum absolute atomic E-state index is 0. The van der Waals surface area contributed by atoms with Crippen molar-refractivity contribution in [3.8, 4) is 0 Å². The van der Waals surface area contributed by atoms with Crippen molar-refractivity contribution in [2.45, 2.75) is 25.8 Å². The molecule has 0 aromatic heterocycles. The molecule has 1 aromatic carbocycles. The summed E-state index contributed by atoms with van der Waals surface area (Å²) in [5.74, 6) is -0.0903. The molecule has 1 aromatic rings. The standard InChI is InChI=1S/C15H21F2IN2.ClH/c1-19-7-4-11-5-8-20(9-6-11)10-12-13(16)2-3-14(18)15(12)17;/h2-3,11,19H,4-10H2,1H3;1H. The second-order valence-electron chi connectivity index (χ2n) is 5.43. The predicted molar refractivity (Wildman–Crippen MR) is 92.9 cm³/mol. The van der Waals surface area contributed by atoms with E-state index in [-0.39, 0.29) is 18.0 Å². The number of rotatable bonds is 5. The summed E-state index contributed by atoms with van der Waals surface area (Å²) in [4.78, 5) is 2.16. The first-order chi connectivity index (χ1) is 9.61. The van der Waals surface area contributed by atoms with E-state index in [1.165, 1.54) is 18.6 Å². The molecule has 1 saturated heterocycles. The van der Waals surface area contributed by atoms with Gasteiger partial charge in [-0.25, -0.2) is 8.78 Å². The van der Waals surface area contributed by atoms with Crippen LogP contribution in [0.4, 0.5) is 8.78 Å². The lowest BCUT2D eigenvalue weighted by Gasteiger charge is -2.32. The molecule has 0 atom stereocenters. The van der Waals surface area contributed by atoms with Crippen LogP contribution in [0.25, 0.3) is 0 Å². The summed E-state index contributed by atoms with van der Waals surface area (Å²) in [5.41, 5.74) is 0.213. The molecule has 0 unspecified atom stereocenters. The number of benzene rings is 1. The van der Waals surface area contributed by atoms with Gasteiger partial charge in [0.1, 0.15) is 11.6 Å². The molecular formula is C15H22ClF2IN2. The lowest BCUT2D eigenvalue weighted by atomic mass is 9.93. The van der Waals surface area contributed by atoms with Crippen molar-refractivity contribution < 1.29 is 8.78 Å². The molecule has 1 aliphatic heterocycles. The number of piperidine rings is 1. The van der Waals surface area contributed by atoms with Crippen LogP contribution in [-0.2, 0) is 6.54 Å². The van der Waals surface area contributed by atoms with Crippen LogP contribution in [-0.4, -0.2) is 31.6 Å². The molecule has 0 radical (unpaired) electrons. The second-order valence-corrected chi connectivity index (χ2v) is 6.60. The Balaban J connectivity index is 0.00000220. The van der Waals surface area contributed by atoms with E-state index in [0.29, 0.717) is 10.1 Å². The Hall–Kier alpha value is 0.0200. The molecule has 6 heteroatoms. The van der Waals surface area contributed by atoms with Crippen LogP contribution in [0.2, 0.25) is 0 Å². The van der Waals surface area contributed by atoms with Crippen LogP contribution in [0.15, 0.2) is 12.1 Å². The maximum absolute atomic E-state index is 14.0. The lowest BCUT2D eigenvalue weighted by Crippen LogP contribution is -2.34. The van der Waals surface area contributed by atoms with Gasteiger partial charge in [-0.15, -0.1) is 12.4 Å². The fourth-order valence-corrected chi connectivity index (χ4v) is 3.22. The molecule has 0 aliphatic carbocycles. The van der Waals surface area contributed by atoms with Gasteiger partial charge in [0.25, 0.3) is 0 Å². The van der Waals surface area contributed by atoms with Gasteiger partial charge in [-0.2, -0.15) is 0 Å². The molecule has 2 nitrogen and oxygen atoms in total. The summed E-state index contributed by atoms with van der Waals surface area (Å²) in [7, 11) is 1.97. The molecule has 0 saturated carbocycles. The van der Waals surface area contributed by atoms with E-state index in [9.17, 15) is 8.78 Å². The normalized spacial score (nSPS) is 16.8. The maximum Gasteiger partial charge on any atom is 0.143 e. The fraction of sp³-hybridized carbons (Fsp3) is 0.600. The molecule has 120 valence electrons. The summed E-state index contributed by atoms with van der Waals surface area (Å²) in [6, 6.07) is 2.85. The zero-order valence-corrected chi connectivity index (χ0v) is 15.1. The average molecular weight is 431 g/mol. The fourth-order valence-electron chi connectivity index (χ4n) is 2.72. The first kappa shape index (κ1) is 19.1. The number of likely N-dealkylation sites (tertiary alicyclic amines) is 1. The van der Waals surface area contributed by atoms with Crippen LogP contribution in [0.1, 0.15) is 24.8 Å². The highest BCUT2D eigenvalue weighted by Crippen LogP contribution is 2.24. The Labute approximate surface area is 145 Å². The molecule has 1 aliphatic rings. The summed E-state index contributed by atoms with van der Waals surface area (Å²) in [5, 5.41) is 3.17. The molecule has 2 rings (SSSR count). The Morgan fingerprint density at radius 3 is 2.57 bits per heavy atom. The van der Waals surface area contributed by atoms with E-state index in [2.05, 4.69) is 10.2 Å². The van der Waals surface area contributed by atoms with Crippen molar-refractivity contribution in [2.24, 2.45) is 5.92 Å². The van der Waals surface area contributed by atoms with E-state index in [0.717, 1.165) is 38.4 Å². The van der Waals surface area contributed by atoms with E-state index < -0.39 is 11.6 Å². The Morgan fingerprint density at radius 2 is 1.95 bits per heavy atom. The smallest absolute Gasteiger partial charge is 0.143 e. The number of hydrogen-bond donors (Lipinski definition) is 1. The van der Waals surface area contributed by atoms with Crippen LogP contribution >= 0.6 is 35.0 Å². The number of hydrogen-bond acceptors (Lipinski definition) is 2. The van der Waals surface area contributed by atoms with Gasteiger partial charge in [-0.1, -0.05) is 0 Å². The van der Waals surface area contributed by atoms with Crippen molar-refractivity contribution in [3.63, 3.8) is 0 Å². The predicted octanol–water partition coefficient (Wildman–Crippen LogP) is 3.81. The molecule has 1 N–H and O–H groups in total. The first-order valence-electron chi connectivity index (χ1n) is 7.11. The minimum atomic E-state index is -0.430. The molecule has 0 amide bonds. The first-order valence-corrected chi connectivity index (χ1v) is 8.19. The third kappa shape index (κ3) is 5.30. The quantitative estimate of drug-likeness (QED) is 0.564. The number of nitrogens with one attached hydrogen (secondary N) is 1. The average Bonchev–Trinajstić information content (AvgIpc) is 2.47. The third-order valence-corrected chi connectivity index (χ3v) is 4.86. The van der Waals surface area contributed by atoms with Gasteiger partial charge < -0.3 is 5.32 Å². The molecule has 1 fully saturated rings. The summed E-state index contributed by atoms with van der Waals surface area (Å²) >= 11 is 1.91. The van der Waals surface area contributed by atoms with Crippen molar-refractivity contribution >= 4 is 35.0 Å². The van der Waals surface area contributed by atoms with Gasteiger partial charge in [-0.3, -0.25) is 4.90 Å². The van der Waals surface area contributed by atoms with Crippen molar-refractivity contribution in [2.75, 3.05) is 26.7 Å².